The molecule has 0 saturated carbocycles. The van der Waals surface area contributed by atoms with Crippen molar-refractivity contribution in [2.75, 3.05) is 0 Å². The lowest BCUT2D eigenvalue weighted by Gasteiger charge is -2.19. The Balaban J connectivity index is 2.14. The number of hydrogen-bond donors (Lipinski definition) is 1. The van der Waals surface area contributed by atoms with Crippen molar-refractivity contribution in [2.45, 2.75) is 37.6 Å². The molecule has 0 fully saturated rings. The summed E-state index contributed by atoms with van der Waals surface area (Å²) in [6, 6.07) is 8.79. The highest BCUT2D eigenvalue weighted by Gasteiger charge is 2.17. The molecule has 2 rings (SSSR count). The summed E-state index contributed by atoms with van der Waals surface area (Å²) in [6.45, 7) is 6.51. The van der Waals surface area contributed by atoms with Crippen molar-refractivity contribution in [3.63, 3.8) is 0 Å². The van der Waals surface area contributed by atoms with Gasteiger partial charge in [0.25, 0.3) is 0 Å². The van der Waals surface area contributed by atoms with Crippen molar-refractivity contribution in [1.29, 1.82) is 0 Å². The molecule has 0 amide bonds. The van der Waals surface area contributed by atoms with Gasteiger partial charge in [-0.05, 0) is 29.2 Å². The Hall–Kier alpha value is -1.66. The molecule has 0 atom stereocenters. The highest BCUT2D eigenvalue weighted by Crippen LogP contribution is 2.23. The van der Waals surface area contributed by atoms with Crippen LogP contribution in [0.1, 0.15) is 32.0 Å². The first kappa shape index (κ1) is 15.7. The summed E-state index contributed by atoms with van der Waals surface area (Å²) in [5, 5.41) is 4.01. The maximum absolute atomic E-state index is 12.3. The first-order chi connectivity index (χ1) is 9.70. The van der Waals surface area contributed by atoms with E-state index in [1.54, 1.807) is 36.1 Å². The van der Waals surface area contributed by atoms with Crippen LogP contribution in [0, 0.1) is 0 Å². The number of aryl methyl sites for hydroxylation is 1. The van der Waals surface area contributed by atoms with Gasteiger partial charge in [0, 0.05) is 13.2 Å². The maximum Gasteiger partial charge on any atom is 0.240 e. The van der Waals surface area contributed by atoms with Gasteiger partial charge in [0.15, 0.2) is 0 Å². The summed E-state index contributed by atoms with van der Waals surface area (Å²) in [6.07, 6.45) is 1.64. The van der Waals surface area contributed by atoms with Crippen molar-refractivity contribution in [2.24, 2.45) is 7.05 Å². The zero-order valence-corrected chi connectivity index (χ0v) is 13.6. The highest BCUT2D eigenvalue weighted by atomic mass is 32.2. The fourth-order valence-corrected chi connectivity index (χ4v) is 2.96. The van der Waals surface area contributed by atoms with E-state index in [2.05, 4.69) is 30.6 Å². The fourth-order valence-electron chi connectivity index (χ4n) is 1.96. The monoisotopic (exact) mass is 307 g/mol. The quantitative estimate of drug-likeness (QED) is 0.942. The number of sulfonamides is 1. The molecule has 0 saturated heterocycles. The van der Waals surface area contributed by atoms with Crippen LogP contribution in [0.5, 0.6) is 0 Å². The lowest BCUT2D eigenvalue weighted by molar-refractivity contribution is 0.575. The predicted octanol–water partition coefficient (Wildman–Crippen LogP) is 2.20. The number of aromatic nitrogens is 2. The highest BCUT2D eigenvalue weighted by molar-refractivity contribution is 7.89. The minimum atomic E-state index is -3.51. The topological polar surface area (TPSA) is 64.0 Å². The molecule has 21 heavy (non-hydrogen) atoms. The third-order valence-corrected chi connectivity index (χ3v) is 4.81. The van der Waals surface area contributed by atoms with Gasteiger partial charge in [-0.3, -0.25) is 4.68 Å². The molecule has 0 aliphatic carbocycles. The summed E-state index contributed by atoms with van der Waals surface area (Å²) >= 11 is 0. The van der Waals surface area contributed by atoms with E-state index in [1.165, 1.54) is 0 Å². The molecular formula is C15H21N3O2S. The number of benzene rings is 1. The van der Waals surface area contributed by atoms with Gasteiger partial charge < -0.3 is 0 Å². The largest absolute Gasteiger partial charge is 0.271 e. The number of hydrogen-bond acceptors (Lipinski definition) is 3. The van der Waals surface area contributed by atoms with Gasteiger partial charge in [0.1, 0.15) is 0 Å². The lowest BCUT2D eigenvalue weighted by atomic mass is 9.87. The van der Waals surface area contributed by atoms with E-state index < -0.39 is 10.0 Å². The summed E-state index contributed by atoms with van der Waals surface area (Å²) in [5.74, 6) is 0. The van der Waals surface area contributed by atoms with Crippen LogP contribution < -0.4 is 4.72 Å². The van der Waals surface area contributed by atoms with Crippen LogP contribution >= 0.6 is 0 Å². The van der Waals surface area contributed by atoms with Crippen molar-refractivity contribution >= 4 is 10.0 Å². The molecule has 0 aliphatic heterocycles. The maximum atomic E-state index is 12.3. The van der Waals surface area contributed by atoms with Gasteiger partial charge in [-0.25, -0.2) is 13.1 Å². The van der Waals surface area contributed by atoms with Crippen molar-refractivity contribution in [1.82, 2.24) is 14.5 Å². The van der Waals surface area contributed by atoms with Crippen LogP contribution in [0.2, 0.25) is 0 Å². The Labute approximate surface area is 126 Å². The summed E-state index contributed by atoms with van der Waals surface area (Å²) < 4.78 is 28.7. The van der Waals surface area contributed by atoms with E-state index in [9.17, 15) is 8.42 Å². The second-order valence-corrected chi connectivity index (χ2v) is 7.81. The first-order valence-electron chi connectivity index (χ1n) is 6.77. The molecule has 1 aromatic carbocycles. The molecule has 0 bridgehead atoms. The summed E-state index contributed by atoms with van der Waals surface area (Å²) in [7, 11) is -1.73. The molecule has 0 radical (unpaired) electrons. The van der Waals surface area contributed by atoms with E-state index in [0.29, 0.717) is 0 Å². The number of nitrogens with one attached hydrogen (secondary N) is 1. The van der Waals surface area contributed by atoms with Crippen LogP contribution in [0.3, 0.4) is 0 Å². The molecule has 1 N–H and O–H groups in total. The van der Waals surface area contributed by atoms with E-state index >= 15 is 0 Å². The molecule has 5 nitrogen and oxygen atoms in total. The van der Waals surface area contributed by atoms with Gasteiger partial charge >= 0.3 is 0 Å². The average Bonchev–Trinajstić information content (AvgIpc) is 2.81. The second kappa shape index (κ2) is 5.61. The van der Waals surface area contributed by atoms with Crippen molar-refractivity contribution in [3.8, 4) is 0 Å². The summed E-state index contributed by atoms with van der Waals surface area (Å²) in [4.78, 5) is 0.276. The second-order valence-electron chi connectivity index (χ2n) is 6.05. The molecule has 0 aliphatic rings. The molecule has 0 unspecified atom stereocenters. The van der Waals surface area contributed by atoms with Gasteiger partial charge in [-0.2, -0.15) is 5.10 Å². The predicted molar refractivity (Wildman–Crippen MR) is 82.4 cm³/mol. The van der Waals surface area contributed by atoms with E-state index in [0.717, 1.165) is 11.3 Å². The Kier molecular flexibility index (Phi) is 4.20. The first-order valence-corrected chi connectivity index (χ1v) is 8.25. The van der Waals surface area contributed by atoms with Crippen molar-refractivity contribution in [3.05, 3.63) is 47.8 Å². The van der Waals surface area contributed by atoms with Gasteiger partial charge in [0.05, 0.1) is 17.1 Å². The van der Waals surface area contributed by atoms with E-state index in [-0.39, 0.29) is 16.9 Å². The Morgan fingerprint density at radius 1 is 1.14 bits per heavy atom. The minimum absolute atomic E-state index is 0.00440. The zero-order chi connectivity index (χ0) is 15.7. The molecule has 1 heterocycles. The molecule has 114 valence electrons. The van der Waals surface area contributed by atoms with Gasteiger partial charge in [0.2, 0.25) is 10.0 Å². The van der Waals surface area contributed by atoms with Crippen LogP contribution in [-0.4, -0.2) is 18.2 Å². The third kappa shape index (κ3) is 3.71. The lowest BCUT2D eigenvalue weighted by Crippen LogP contribution is -2.24. The van der Waals surface area contributed by atoms with Crippen molar-refractivity contribution < 1.29 is 8.42 Å². The Bertz CT molecular complexity index is 710. The Morgan fingerprint density at radius 3 is 2.24 bits per heavy atom. The normalized spacial score (nSPS) is 12.6. The molecule has 6 heteroatoms. The van der Waals surface area contributed by atoms with Crippen LogP contribution in [-0.2, 0) is 29.0 Å². The molecular weight excluding hydrogens is 286 g/mol. The summed E-state index contributed by atoms with van der Waals surface area (Å²) in [5.41, 5.74) is 1.92. The number of rotatable bonds is 4. The number of nitrogens with zero attached hydrogens (tertiary/aromatic N) is 2. The minimum Gasteiger partial charge on any atom is -0.271 e. The van der Waals surface area contributed by atoms with E-state index in [4.69, 9.17) is 0 Å². The third-order valence-electron chi connectivity index (χ3n) is 3.40. The Morgan fingerprint density at radius 2 is 1.76 bits per heavy atom. The molecule has 1 aromatic heterocycles. The van der Waals surface area contributed by atoms with Gasteiger partial charge in [-0.15, -0.1) is 0 Å². The fraction of sp³-hybridized carbons (Fsp3) is 0.400. The molecule has 0 spiro atoms. The van der Waals surface area contributed by atoms with Crippen LogP contribution in [0.4, 0.5) is 0 Å². The molecule has 2 aromatic rings. The van der Waals surface area contributed by atoms with Crippen LogP contribution in [0.25, 0.3) is 0 Å². The SMILES string of the molecule is Cn1nccc1CNS(=O)(=O)c1ccc(C(C)(C)C)cc1. The average molecular weight is 307 g/mol. The standard InChI is InChI=1S/C15H21N3O2S/c1-15(2,3)12-5-7-14(8-6-12)21(19,20)17-11-13-9-10-16-18(13)4/h5-10,17H,11H2,1-4H3. The zero-order valence-electron chi connectivity index (χ0n) is 12.8. The van der Waals surface area contributed by atoms with Gasteiger partial charge in [-0.1, -0.05) is 32.9 Å². The van der Waals surface area contributed by atoms with E-state index in [1.807, 2.05) is 12.1 Å². The smallest absolute Gasteiger partial charge is 0.240 e. The van der Waals surface area contributed by atoms with Crippen LogP contribution in [0.15, 0.2) is 41.4 Å².